The Morgan fingerprint density at radius 2 is 2.04 bits per heavy atom. The lowest BCUT2D eigenvalue weighted by Gasteiger charge is -2.12. The van der Waals surface area contributed by atoms with E-state index in [0.29, 0.717) is 12.5 Å². The number of fused-ring (bicyclic) bond motifs is 1. The van der Waals surface area contributed by atoms with Gasteiger partial charge in [-0.05, 0) is 31.6 Å². The predicted molar refractivity (Wildman–Crippen MR) is 108 cm³/mol. The highest BCUT2D eigenvalue weighted by atomic mass is 127. The number of nitrogens with zero attached hydrogens (tertiary/aromatic N) is 4. The quantitative estimate of drug-likeness (QED) is 0.287. The molecule has 0 saturated carbocycles. The number of rotatable bonds is 7. The summed E-state index contributed by atoms with van der Waals surface area (Å²) < 4.78 is 3.43. The molecular formula is C16H31IN6O. The first-order chi connectivity index (χ1) is 11.1. The van der Waals surface area contributed by atoms with Crippen LogP contribution in [0.25, 0.3) is 0 Å². The molecular weight excluding hydrogens is 419 g/mol. The Kier molecular flexibility index (Phi) is 9.38. The summed E-state index contributed by atoms with van der Waals surface area (Å²) in [5.41, 5.74) is 0.0409. The van der Waals surface area contributed by atoms with Crippen molar-refractivity contribution < 1.29 is 0 Å². The van der Waals surface area contributed by atoms with Crippen molar-refractivity contribution >= 4 is 29.9 Å². The van der Waals surface area contributed by atoms with Gasteiger partial charge in [-0.3, -0.25) is 9.56 Å². The first-order valence-corrected chi connectivity index (χ1v) is 8.73. The molecule has 2 heterocycles. The first kappa shape index (κ1) is 21.0. The van der Waals surface area contributed by atoms with Crippen molar-refractivity contribution in [1.29, 1.82) is 0 Å². The van der Waals surface area contributed by atoms with Crippen LogP contribution < -0.4 is 16.3 Å². The highest BCUT2D eigenvalue weighted by Crippen LogP contribution is 2.09. The van der Waals surface area contributed by atoms with Crippen LogP contribution in [0.5, 0.6) is 0 Å². The second-order valence-corrected chi connectivity index (χ2v) is 6.49. The van der Waals surface area contributed by atoms with Crippen molar-refractivity contribution in [2.45, 2.75) is 59.0 Å². The van der Waals surface area contributed by atoms with Crippen molar-refractivity contribution in [2.24, 2.45) is 10.9 Å². The summed E-state index contributed by atoms with van der Waals surface area (Å²) in [6.45, 7) is 7.58. The van der Waals surface area contributed by atoms with Gasteiger partial charge in [0.25, 0.3) is 0 Å². The molecule has 8 heteroatoms. The number of aryl methyl sites for hydroxylation is 2. The van der Waals surface area contributed by atoms with E-state index in [0.717, 1.165) is 63.5 Å². The third-order valence-electron chi connectivity index (χ3n) is 4.11. The van der Waals surface area contributed by atoms with Crippen LogP contribution in [0.3, 0.4) is 0 Å². The summed E-state index contributed by atoms with van der Waals surface area (Å²) in [6.07, 6.45) is 5.11. The van der Waals surface area contributed by atoms with Crippen LogP contribution in [0.15, 0.2) is 9.79 Å². The molecule has 138 valence electrons. The Morgan fingerprint density at radius 3 is 2.71 bits per heavy atom. The maximum atomic E-state index is 12.2. The highest BCUT2D eigenvalue weighted by molar-refractivity contribution is 14.0. The van der Waals surface area contributed by atoms with E-state index in [4.69, 9.17) is 0 Å². The van der Waals surface area contributed by atoms with Gasteiger partial charge in [-0.1, -0.05) is 13.8 Å². The maximum absolute atomic E-state index is 12.2. The summed E-state index contributed by atoms with van der Waals surface area (Å²) in [5.74, 6) is 2.45. The second-order valence-electron chi connectivity index (χ2n) is 6.49. The van der Waals surface area contributed by atoms with E-state index in [-0.39, 0.29) is 29.7 Å². The van der Waals surface area contributed by atoms with Crippen molar-refractivity contribution in [1.82, 2.24) is 25.0 Å². The van der Waals surface area contributed by atoms with Crippen molar-refractivity contribution in [3.8, 4) is 0 Å². The molecule has 1 aliphatic rings. The molecule has 0 fully saturated rings. The van der Waals surface area contributed by atoms with Gasteiger partial charge >= 0.3 is 5.69 Å². The molecule has 0 radical (unpaired) electrons. The van der Waals surface area contributed by atoms with Crippen molar-refractivity contribution in [2.75, 3.05) is 20.1 Å². The molecule has 0 unspecified atom stereocenters. The predicted octanol–water partition coefficient (Wildman–Crippen LogP) is 1.60. The zero-order chi connectivity index (χ0) is 16.7. The smallest absolute Gasteiger partial charge is 0.345 e. The van der Waals surface area contributed by atoms with Crippen LogP contribution in [0.4, 0.5) is 0 Å². The van der Waals surface area contributed by atoms with E-state index >= 15 is 0 Å². The Hall–Kier alpha value is -1.06. The molecule has 0 saturated heterocycles. The first-order valence-electron chi connectivity index (χ1n) is 8.73. The third-order valence-corrected chi connectivity index (χ3v) is 4.11. The lowest BCUT2D eigenvalue weighted by atomic mass is 10.1. The number of hydrogen-bond donors (Lipinski definition) is 2. The standard InChI is InChI=1S/C16H30N6O.HI/c1-13(2)8-10-19-15(17-3)18-9-6-12-22-16(23)21-11-5-4-7-14(21)20-22;/h13H,4-12H2,1-3H3,(H2,17,18,19);1H. The molecule has 0 aliphatic carbocycles. The largest absolute Gasteiger partial charge is 0.356 e. The van der Waals surface area contributed by atoms with Crippen molar-refractivity contribution in [3.05, 3.63) is 16.3 Å². The number of guanidine groups is 1. The number of hydrogen-bond acceptors (Lipinski definition) is 3. The topological polar surface area (TPSA) is 76.2 Å². The lowest BCUT2D eigenvalue weighted by molar-refractivity contribution is 0.509. The van der Waals surface area contributed by atoms with Gasteiger partial charge in [-0.15, -0.1) is 24.0 Å². The van der Waals surface area contributed by atoms with Gasteiger partial charge in [-0.25, -0.2) is 9.48 Å². The molecule has 7 nitrogen and oxygen atoms in total. The van der Waals surface area contributed by atoms with Crippen LogP contribution >= 0.6 is 24.0 Å². The van der Waals surface area contributed by atoms with Gasteiger partial charge in [-0.2, -0.15) is 5.10 Å². The zero-order valence-corrected chi connectivity index (χ0v) is 17.4. The van der Waals surface area contributed by atoms with Crippen LogP contribution in [0.2, 0.25) is 0 Å². The van der Waals surface area contributed by atoms with Gasteiger partial charge < -0.3 is 10.6 Å². The second kappa shape index (κ2) is 10.7. The van der Waals surface area contributed by atoms with E-state index < -0.39 is 0 Å². The fraction of sp³-hybridized carbons (Fsp3) is 0.812. The number of aromatic nitrogens is 3. The third kappa shape index (κ3) is 6.10. The Balaban J connectivity index is 0.00000288. The average molecular weight is 450 g/mol. The lowest BCUT2D eigenvalue weighted by Crippen LogP contribution is -2.39. The Bertz CT molecular complexity index is 578. The van der Waals surface area contributed by atoms with E-state index in [9.17, 15) is 4.79 Å². The van der Waals surface area contributed by atoms with Gasteiger partial charge in [0.2, 0.25) is 0 Å². The van der Waals surface area contributed by atoms with Crippen LogP contribution in [-0.4, -0.2) is 40.4 Å². The molecule has 24 heavy (non-hydrogen) atoms. The molecule has 0 aromatic carbocycles. The Labute approximate surface area is 161 Å². The average Bonchev–Trinajstić information content (AvgIpc) is 2.86. The van der Waals surface area contributed by atoms with Gasteiger partial charge in [0, 0.05) is 39.6 Å². The van der Waals surface area contributed by atoms with Crippen LogP contribution in [-0.2, 0) is 19.5 Å². The molecule has 0 spiro atoms. The number of halogens is 1. The number of aliphatic imine (C=N–C) groups is 1. The van der Waals surface area contributed by atoms with Crippen LogP contribution in [0.1, 0.15) is 45.4 Å². The van der Waals surface area contributed by atoms with Gasteiger partial charge in [0.15, 0.2) is 5.96 Å². The van der Waals surface area contributed by atoms with Crippen molar-refractivity contribution in [3.63, 3.8) is 0 Å². The molecule has 0 bridgehead atoms. The highest BCUT2D eigenvalue weighted by Gasteiger charge is 2.16. The molecule has 1 aromatic rings. The normalized spacial score (nSPS) is 14.2. The van der Waals surface area contributed by atoms with Crippen LogP contribution in [0, 0.1) is 5.92 Å². The molecule has 0 atom stereocenters. The minimum Gasteiger partial charge on any atom is -0.356 e. The minimum atomic E-state index is 0. The van der Waals surface area contributed by atoms with E-state index in [1.54, 1.807) is 11.7 Å². The molecule has 2 rings (SSSR count). The summed E-state index contributed by atoms with van der Waals surface area (Å²) >= 11 is 0. The van der Waals surface area contributed by atoms with Gasteiger partial charge in [0.1, 0.15) is 5.82 Å². The fourth-order valence-corrected chi connectivity index (χ4v) is 2.73. The number of nitrogens with one attached hydrogen (secondary N) is 2. The van der Waals surface area contributed by atoms with E-state index in [2.05, 4.69) is 34.6 Å². The summed E-state index contributed by atoms with van der Waals surface area (Å²) in [6, 6.07) is 0. The Morgan fingerprint density at radius 1 is 1.29 bits per heavy atom. The monoisotopic (exact) mass is 450 g/mol. The molecule has 2 N–H and O–H groups in total. The fourth-order valence-electron chi connectivity index (χ4n) is 2.73. The molecule has 0 amide bonds. The van der Waals surface area contributed by atoms with E-state index in [1.807, 2.05) is 4.57 Å². The summed E-state index contributed by atoms with van der Waals surface area (Å²) in [4.78, 5) is 16.4. The zero-order valence-electron chi connectivity index (χ0n) is 15.0. The SMILES string of the molecule is CN=C(NCCCn1nc2n(c1=O)CCCC2)NCCC(C)C.I. The molecule has 1 aromatic heterocycles. The molecule has 1 aliphatic heterocycles. The minimum absolute atomic E-state index is 0. The van der Waals surface area contributed by atoms with Gasteiger partial charge in [0.05, 0.1) is 0 Å². The summed E-state index contributed by atoms with van der Waals surface area (Å²) in [5, 5.41) is 11.0. The summed E-state index contributed by atoms with van der Waals surface area (Å²) in [7, 11) is 1.78. The maximum Gasteiger partial charge on any atom is 0.345 e. The van der Waals surface area contributed by atoms with E-state index in [1.165, 1.54) is 0 Å².